The summed E-state index contributed by atoms with van der Waals surface area (Å²) in [6.07, 6.45) is 0.632. The quantitative estimate of drug-likeness (QED) is 0.141. The van der Waals surface area contributed by atoms with E-state index in [1.807, 2.05) is 0 Å². The monoisotopic (exact) mass is 837 g/mol. The van der Waals surface area contributed by atoms with Crippen LogP contribution in [-0.4, -0.2) is 98.6 Å². The van der Waals surface area contributed by atoms with Gasteiger partial charge in [-0.25, -0.2) is 16.8 Å². The first-order valence-corrected chi connectivity index (χ1v) is 22.3. The van der Waals surface area contributed by atoms with E-state index in [9.17, 15) is 52.4 Å². The van der Waals surface area contributed by atoms with Crippen molar-refractivity contribution in [3.8, 4) is 5.75 Å². The van der Waals surface area contributed by atoms with Crippen LogP contribution in [0.15, 0.2) is 98.4 Å². The summed E-state index contributed by atoms with van der Waals surface area (Å²) in [5, 5.41) is 4.95. The van der Waals surface area contributed by atoms with Gasteiger partial charge in [-0.1, -0.05) is 12.1 Å². The van der Waals surface area contributed by atoms with Gasteiger partial charge in [0.2, 0.25) is 10.0 Å². The maximum atomic E-state index is 13.4. The van der Waals surface area contributed by atoms with Crippen molar-refractivity contribution in [2.24, 2.45) is 0 Å². The second-order valence-corrected chi connectivity index (χ2v) is 18.9. The minimum absolute atomic E-state index is 0.00330. The van der Waals surface area contributed by atoms with E-state index in [1.54, 1.807) is 0 Å². The molecule has 0 bridgehead atoms. The van der Waals surface area contributed by atoms with Crippen LogP contribution in [0.1, 0.15) is 31.8 Å². The number of hydrogen-bond donors (Lipinski definition) is 4. The summed E-state index contributed by atoms with van der Waals surface area (Å²) in [6.45, 7) is 0.577. The molecular formula is C34H35N3O14S4. The molecule has 4 aromatic carbocycles. The van der Waals surface area contributed by atoms with Gasteiger partial charge in [-0.3, -0.25) is 18.7 Å². The van der Waals surface area contributed by atoms with Crippen molar-refractivity contribution in [2.45, 2.75) is 32.4 Å². The Labute approximate surface area is 317 Å². The molecule has 5 rings (SSSR count). The van der Waals surface area contributed by atoms with Crippen LogP contribution in [0.5, 0.6) is 5.75 Å². The molecule has 55 heavy (non-hydrogen) atoms. The molecule has 1 heterocycles. The fraction of sp³-hybridized carbons (Fsp3) is 0.235. The van der Waals surface area contributed by atoms with Gasteiger partial charge in [0.25, 0.3) is 32.1 Å². The average Bonchev–Trinajstić information content (AvgIpc) is 3.13. The van der Waals surface area contributed by atoms with E-state index >= 15 is 0 Å². The Balaban J connectivity index is 1.35. The number of nitrogens with one attached hydrogen (secondary N) is 2. The number of sulfone groups is 1. The second-order valence-electron chi connectivity index (χ2n) is 12.2. The molecule has 0 aromatic heterocycles. The van der Waals surface area contributed by atoms with Gasteiger partial charge in [-0.15, -0.1) is 0 Å². The van der Waals surface area contributed by atoms with Crippen LogP contribution in [0.3, 0.4) is 0 Å². The topological polar surface area (TPSA) is 257 Å². The van der Waals surface area contributed by atoms with Crippen molar-refractivity contribution in [1.82, 2.24) is 4.31 Å². The zero-order valence-corrected chi connectivity index (χ0v) is 32.4. The van der Waals surface area contributed by atoms with Gasteiger partial charge in [0, 0.05) is 41.8 Å². The molecule has 0 radical (unpaired) electrons. The third-order valence-electron chi connectivity index (χ3n) is 8.43. The SMILES string of the molecule is COc1ccc(C(=O)Nc2ccc(CCc3ccc(NC(=O)c4ccc(S(C)(=O)=O)cc4)cc3S(=O)(=O)O)c(S(=O)(=O)O)c2)cc1S(=O)(=O)N1CCOCC1. The largest absolute Gasteiger partial charge is 0.495 e. The summed E-state index contributed by atoms with van der Waals surface area (Å²) in [5.41, 5.74) is -0.117. The number of aryl methyl sites for hydroxylation is 2. The van der Waals surface area contributed by atoms with Crippen molar-refractivity contribution in [3.63, 3.8) is 0 Å². The summed E-state index contributed by atoms with van der Waals surface area (Å²) >= 11 is 0. The molecule has 1 aliphatic rings. The first kappa shape index (κ1) is 41.4. The number of sulfonamides is 1. The Kier molecular flexibility index (Phi) is 12.2. The third kappa shape index (κ3) is 9.93. The fourth-order valence-corrected chi connectivity index (χ4v) is 9.41. The molecule has 0 aliphatic carbocycles. The first-order chi connectivity index (χ1) is 25.7. The number of hydrogen-bond acceptors (Lipinski definition) is 12. The standard InChI is InChI=1S/C34H35N3O14S4/c1-50-29-14-9-25(19-32(29)53(42,43)37-15-17-51-18-16-37)34(39)36-27-11-6-23(31(21-27)55(47,48)49)4-3-22-5-10-26(20-30(22)54(44,45)46)35-33(38)24-7-12-28(13-8-24)52(2,40)41/h5-14,19-21H,3-4,15-18H2,1-2H3,(H,35,38)(H,36,39)(H,44,45,46)(H,47,48,49). The minimum atomic E-state index is -4.92. The number of ether oxygens (including phenoxy) is 2. The van der Waals surface area contributed by atoms with Gasteiger partial charge >= 0.3 is 0 Å². The van der Waals surface area contributed by atoms with E-state index < -0.39 is 61.7 Å². The highest BCUT2D eigenvalue weighted by Crippen LogP contribution is 2.30. The number of carbonyl (C=O) groups is 2. The van der Waals surface area contributed by atoms with Gasteiger partial charge in [0.1, 0.15) is 10.6 Å². The lowest BCUT2D eigenvalue weighted by Crippen LogP contribution is -2.40. The highest BCUT2D eigenvalue weighted by molar-refractivity contribution is 7.90. The summed E-state index contributed by atoms with van der Waals surface area (Å²) in [6, 6.07) is 15.9. The normalized spacial score (nSPS) is 14.3. The lowest BCUT2D eigenvalue weighted by atomic mass is 10.0. The molecule has 4 aromatic rings. The van der Waals surface area contributed by atoms with E-state index in [0.717, 1.165) is 24.5 Å². The van der Waals surface area contributed by atoms with Crippen LogP contribution in [0.4, 0.5) is 11.4 Å². The zero-order valence-electron chi connectivity index (χ0n) is 29.1. The lowest BCUT2D eigenvalue weighted by Gasteiger charge is -2.26. The second kappa shape index (κ2) is 16.2. The highest BCUT2D eigenvalue weighted by Gasteiger charge is 2.30. The number of rotatable bonds is 13. The van der Waals surface area contributed by atoms with Crippen LogP contribution >= 0.6 is 0 Å². The molecule has 1 saturated heterocycles. The number of methoxy groups -OCH3 is 1. The van der Waals surface area contributed by atoms with Gasteiger partial charge in [-0.05, 0) is 90.7 Å². The maximum absolute atomic E-state index is 13.4. The number of nitrogens with zero attached hydrogens (tertiary/aromatic N) is 1. The van der Waals surface area contributed by atoms with Gasteiger partial charge in [0.05, 0.1) is 35.0 Å². The number of carbonyl (C=O) groups excluding carboxylic acids is 2. The third-order valence-corrected chi connectivity index (χ3v) is 13.3. The van der Waals surface area contributed by atoms with Crippen molar-refractivity contribution < 1.29 is 61.8 Å². The van der Waals surface area contributed by atoms with Crippen molar-refractivity contribution in [2.75, 3.05) is 50.3 Å². The molecule has 21 heteroatoms. The van der Waals surface area contributed by atoms with Gasteiger partial charge in [0.15, 0.2) is 9.84 Å². The number of amides is 2. The smallest absolute Gasteiger partial charge is 0.294 e. The van der Waals surface area contributed by atoms with Crippen molar-refractivity contribution in [3.05, 3.63) is 101 Å². The van der Waals surface area contributed by atoms with E-state index in [4.69, 9.17) is 9.47 Å². The molecule has 0 atom stereocenters. The van der Waals surface area contributed by atoms with Crippen molar-refractivity contribution >= 4 is 63.3 Å². The molecule has 4 N–H and O–H groups in total. The average molecular weight is 838 g/mol. The Morgan fingerprint density at radius 1 is 0.673 bits per heavy atom. The molecule has 0 saturated carbocycles. The summed E-state index contributed by atoms with van der Waals surface area (Å²) in [7, 11) is -16.1. The van der Waals surface area contributed by atoms with E-state index in [0.29, 0.717) is 0 Å². The molecule has 17 nitrogen and oxygen atoms in total. The predicted octanol–water partition coefficient (Wildman–Crippen LogP) is 2.90. The Morgan fingerprint density at radius 3 is 1.60 bits per heavy atom. The van der Waals surface area contributed by atoms with Crippen LogP contribution in [0.25, 0.3) is 0 Å². The van der Waals surface area contributed by atoms with Crippen LogP contribution in [0, 0.1) is 0 Å². The Bertz CT molecular complexity index is 2590. The van der Waals surface area contributed by atoms with E-state index in [1.165, 1.54) is 72.1 Å². The molecule has 294 valence electrons. The molecular weight excluding hydrogens is 803 g/mol. The lowest BCUT2D eigenvalue weighted by molar-refractivity contribution is 0.0729. The van der Waals surface area contributed by atoms with E-state index in [2.05, 4.69) is 10.6 Å². The van der Waals surface area contributed by atoms with Crippen molar-refractivity contribution in [1.29, 1.82) is 0 Å². The van der Waals surface area contributed by atoms with Gasteiger partial charge < -0.3 is 20.1 Å². The summed E-state index contributed by atoms with van der Waals surface area (Å²) < 4.78 is 131. The van der Waals surface area contributed by atoms with Crippen LogP contribution in [0.2, 0.25) is 0 Å². The minimum Gasteiger partial charge on any atom is -0.495 e. The summed E-state index contributed by atoms with van der Waals surface area (Å²) in [4.78, 5) is 24.5. The first-order valence-electron chi connectivity index (χ1n) is 16.1. The van der Waals surface area contributed by atoms with Gasteiger partial charge in [-0.2, -0.15) is 21.1 Å². The number of morpholine rings is 1. The summed E-state index contributed by atoms with van der Waals surface area (Å²) in [5.74, 6) is -1.52. The Morgan fingerprint density at radius 2 is 1.15 bits per heavy atom. The molecule has 0 spiro atoms. The van der Waals surface area contributed by atoms with Crippen LogP contribution in [-0.2, 0) is 57.7 Å². The number of benzene rings is 4. The highest BCUT2D eigenvalue weighted by atomic mass is 32.2. The molecule has 0 unspecified atom stereocenters. The van der Waals surface area contributed by atoms with Crippen LogP contribution < -0.4 is 15.4 Å². The number of anilines is 2. The molecule has 1 fully saturated rings. The zero-order chi connectivity index (χ0) is 40.3. The molecule has 1 aliphatic heterocycles. The maximum Gasteiger partial charge on any atom is 0.294 e. The fourth-order valence-electron chi connectivity index (χ4n) is 5.63. The molecule has 2 amide bonds. The van der Waals surface area contributed by atoms with E-state index in [-0.39, 0.29) is 88.3 Å². The predicted molar refractivity (Wildman–Crippen MR) is 198 cm³/mol. The Hall–Kier alpha value is -4.74.